The zero-order valence-corrected chi connectivity index (χ0v) is 23.6. The van der Waals surface area contributed by atoms with Crippen molar-refractivity contribution < 1.29 is 0 Å². The van der Waals surface area contributed by atoms with Crippen molar-refractivity contribution in [2.45, 2.75) is 81.8 Å². The molecule has 0 bridgehead atoms. The summed E-state index contributed by atoms with van der Waals surface area (Å²) in [5.41, 5.74) is 5.67. The van der Waals surface area contributed by atoms with Gasteiger partial charge < -0.3 is 15.6 Å². The monoisotopic (exact) mass is 457 g/mol. The van der Waals surface area contributed by atoms with Gasteiger partial charge in [-0.2, -0.15) is 0 Å². The molecule has 0 radical (unpaired) electrons. The van der Waals surface area contributed by atoms with Crippen LogP contribution in [-0.2, 0) is 6.54 Å². The lowest BCUT2D eigenvalue weighted by molar-refractivity contribution is 0.266. The Bertz CT molecular complexity index is 868. The van der Waals surface area contributed by atoms with E-state index in [9.17, 15) is 0 Å². The molecule has 1 aromatic carbocycles. The number of rotatable bonds is 6. The van der Waals surface area contributed by atoms with Crippen LogP contribution in [0.5, 0.6) is 0 Å². The third-order valence-corrected chi connectivity index (χ3v) is 4.73. The standard InChI is InChI=1S/C20H27N5.4C2H6/c1-13(2)25(5)12-14-6-7-17-15(10-14)11-18(24-17)16-8-9-23-20(22-4)19(16)21-3;4*1-2/h6-11,13,21,24H,12H2,1-5H3,(H,22,23);4*1-2H3. The number of pyridine rings is 1. The predicted molar refractivity (Wildman–Crippen MR) is 153 cm³/mol. The second-order valence-electron chi connectivity index (χ2n) is 6.70. The van der Waals surface area contributed by atoms with Crippen LogP contribution < -0.4 is 10.6 Å². The fourth-order valence-corrected chi connectivity index (χ4v) is 3.02. The molecule has 3 N–H and O–H groups in total. The molecule has 0 saturated carbocycles. The van der Waals surface area contributed by atoms with Crippen LogP contribution in [0.4, 0.5) is 11.5 Å². The van der Waals surface area contributed by atoms with Crippen LogP contribution in [0, 0.1) is 0 Å². The molecule has 0 fully saturated rings. The van der Waals surface area contributed by atoms with Gasteiger partial charge in [0.05, 0.1) is 5.69 Å². The molecule has 2 heterocycles. The van der Waals surface area contributed by atoms with E-state index < -0.39 is 0 Å². The van der Waals surface area contributed by atoms with Crippen molar-refractivity contribution in [2.24, 2.45) is 0 Å². The smallest absolute Gasteiger partial charge is 0.149 e. The van der Waals surface area contributed by atoms with E-state index in [0.717, 1.165) is 34.8 Å². The van der Waals surface area contributed by atoms with Crippen molar-refractivity contribution >= 4 is 22.4 Å². The first-order valence-corrected chi connectivity index (χ1v) is 12.7. The summed E-state index contributed by atoms with van der Waals surface area (Å²) in [7, 11) is 5.96. The van der Waals surface area contributed by atoms with E-state index in [1.54, 1.807) is 0 Å². The first kappa shape index (κ1) is 32.6. The van der Waals surface area contributed by atoms with Crippen molar-refractivity contribution in [2.75, 3.05) is 31.8 Å². The van der Waals surface area contributed by atoms with Crippen LogP contribution in [0.15, 0.2) is 36.5 Å². The van der Waals surface area contributed by atoms with E-state index in [4.69, 9.17) is 0 Å². The second kappa shape index (κ2) is 19.0. The maximum atomic E-state index is 4.38. The molecule has 3 rings (SSSR count). The van der Waals surface area contributed by atoms with Gasteiger partial charge in [-0.3, -0.25) is 4.90 Å². The average molecular weight is 458 g/mol. The summed E-state index contributed by atoms with van der Waals surface area (Å²) in [4.78, 5) is 10.3. The predicted octanol–water partition coefficient (Wildman–Crippen LogP) is 8.26. The molecule has 188 valence electrons. The van der Waals surface area contributed by atoms with Gasteiger partial charge in [-0.05, 0) is 50.7 Å². The Balaban J connectivity index is 0. The summed E-state index contributed by atoms with van der Waals surface area (Å²) >= 11 is 0. The first-order chi connectivity index (χ1) is 16.0. The summed E-state index contributed by atoms with van der Waals surface area (Å²) in [6.45, 7) is 21.4. The average Bonchev–Trinajstić information content (AvgIpc) is 3.31. The van der Waals surface area contributed by atoms with Gasteiger partial charge in [0.1, 0.15) is 5.82 Å². The second-order valence-corrected chi connectivity index (χ2v) is 6.70. The molecule has 0 atom stereocenters. The van der Waals surface area contributed by atoms with Crippen LogP contribution >= 0.6 is 0 Å². The van der Waals surface area contributed by atoms with E-state index in [-0.39, 0.29) is 0 Å². The lowest BCUT2D eigenvalue weighted by Crippen LogP contribution is -2.25. The number of H-pyrrole nitrogens is 1. The minimum Gasteiger partial charge on any atom is -0.385 e. The molecule has 0 aliphatic rings. The third-order valence-electron chi connectivity index (χ3n) is 4.73. The molecule has 5 heteroatoms. The third kappa shape index (κ3) is 9.47. The Morgan fingerprint density at radius 1 is 0.879 bits per heavy atom. The number of hydrogen-bond acceptors (Lipinski definition) is 4. The normalized spacial score (nSPS) is 9.42. The Kier molecular flexibility index (Phi) is 18.8. The van der Waals surface area contributed by atoms with Gasteiger partial charge in [0, 0.05) is 55.0 Å². The number of hydrogen-bond donors (Lipinski definition) is 3. The van der Waals surface area contributed by atoms with Crippen LogP contribution in [-0.4, -0.2) is 42.1 Å². The molecule has 0 aliphatic heterocycles. The van der Waals surface area contributed by atoms with Gasteiger partial charge in [0.2, 0.25) is 0 Å². The number of aromatic nitrogens is 2. The SMILES string of the molecule is CC.CC.CC.CC.CNc1nccc(-c2cc3cc(CN(C)C(C)C)ccc3[nH]2)c1NC. The maximum Gasteiger partial charge on any atom is 0.149 e. The van der Waals surface area contributed by atoms with E-state index in [2.05, 4.69) is 70.7 Å². The largest absolute Gasteiger partial charge is 0.385 e. The topological polar surface area (TPSA) is 56.0 Å². The summed E-state index contributed by atoms with van der Waals surface area (Å²) < 4.78 is 0. The number of anilines is 2. The van der Waals surface area contributed by atoms with Crippen LogP contribution in [0.2, 0.25) is 0 Å². The molecule has 5 nitrogen and oxygen atoms in total. The molecule has 0 aliphatic carbocycles. The van der Waals surface area contributed by atoms with Crippen molar-refractivity contribution in [3.63, 3.8) is 0 Å². The summed E-state index contributed by atoms with van der Waals surface area (Å²) in [5, 5.41) is 7.63. The number of benzene rings is 1. The van der Waals surface area contributed by atoms with E-state index in [0.29, 0.717) is 6.04 Å². The summed E-state index contributed by atoms with van der Waals surface area (Å²) in [6.07, 6.45) is 1.83. The summed E-state index contributed by atoms with van der Waals surface area (Å²) in [6, 6.07) is 11.4. The van der Waals surface area contributed by atoms with Crippen molar-refractivity contribution in [1.82, 2.24) is 14.9 Å². The fraction of sp³-hybridized carbons (Fsp3) is 0.536. The highest BCUT2D eigenvalue weighted by Gasteiger charge is 2.12. The zero-order valence-electron chi connectivity index (χ0n) is 23.6. The molecular formula is C28H51N5. The minimum atomic E-state index is 0.535. The maximum absolute atomic E-state index is 4.38. The molecule has 0 unspecified atom stereocenters. The van der Waals surface area contributed by atoms with Crippen molar-refractivity contribution in [3.8, 4) is 11.3 Å². The molecule has 0 spiro atoms. The molecule has 33 heavy (non-hydrogen) atoms. The Labute approximate surface area is 204 Å². The van der Waals surface area contributed by atoms with E-state index in [1.807, 2.05) is 81.7 Å². The van der Waals surface area contributed by atoms with Crippen LogP contribution in [0.25, 0.3) is 22.2 Å². The fourth-order valence-electron chi connectivity index (χ4n) is 3.02. The van der Waals surface area contributed by atoms with Gasteiger partial charge in [0.15, 0.2) is 0 Å². The van der Waals surface area contributed by atoms with Crippen molar-refractivity contribution in [1.29, 1.82) is 0 Å². The molecule has 0 saturated heterocycles. The summed E-state index contributed by atoms with van der Waals surface area (Å²) in [5.74, 6) is 0.845. The Morgan fingerprint density at radius 2 is 1.48 bits per heavy atom. The lowest BCUT2D eigenvalue weighted by Gasteiger charge is -2.20. The van der Waals surface area contributed by atoms with Gasteiger partial charge in [0.25, 0.3) is 0 Å². The lowest BCUT2D eigenvalue weighted by atomic mass is 10.1. The highest BCUT2D eigenvalue weighted by atomic mass is 15.1. The van der Waals surface area contributed by atoms with Crippen molar-refractivity contribution in [3.05, 3.63) is 42.1 Å². The van der Waals surface area contributed by atoms with E-state index in [1.165, 1.54) is 10.9 Å². The number of nitrogens with one attached hydrogen (secondary N) is 3. The molecule has 2 aromatic heterocycles. The van der Waals surface area contributed by atoms with Gasteiger partial charge in [-0.1, -0.05) is 61.5 Å². The highest BCUT2D eigenvalue weighted by Crippen LogP contribution is 2.33. The first-order valence-electron chi connectivity index (χ1n) is 12.7. The molecule has 0 amide bonds. The quantitative estimate of drug-likeness (QED) is 0.349. The minimum absolute atomic E-state index is 0.535. The van der Waals surface area contributed by atoms with Crippen LogP contribution in [0.3, 0.4) is 0 Å². The Hall–Kier alpha value is -2.53. The molecule has 3 aromatic rings. The number of fused-ring (bicyclic) bond motifs is 1. The van der Waals surface area contributed by atoms with Gasteiger partial charge in [-0.25, -0.2) is 4.98 Å². The Morgan fingerprint density at radius 3 is 2.00 bits per heavy atom. The molecular weight excluding hydrogens is 406 g/mol. The van der Waals surface area contributed by atoms with Crippen LogP contribution in [0.1, 0.15) is 74.8 Å². The zero-order chi connectivity index (χ0) is 26.0. The van der Waals surface area contributed by atoms with Gasteiger partial charge in [-0.15, -0.1) is 0 Å². The number of aromatic amines is 1. The number of nitrogens with zero attached hydrogens (tertiary/aromatic N) is 2. The highest BCUT2D eigenvalue weighted by molar-refractivity contribution is 5.91. The van der Waals surface area contributed by atoms with E-state index >= 15 is 0 Å². The van der Waals surface area contributed by atoms with Gasteiger partial charge >= 0.3 is 0 Å².